The Labute approximate surface area is 96.4 Å². The van der Waals surface area contributed by atoms with E-state index in [4.69, 9.17) is 0 Å². The van der Waals surface area contributed by atoms with Gasteiger partial charge in [-0.25, -0.2) is 0 Å². The van der Waals surface area contributed by atoms with Gasteiger partial charge in [0, 0.05) is 23.4 Å². The molecule has 0 saturated heterocycles. The van der Waals surface area contributed by atoms with Crippen molar-refractivity contribution >= 4 is 11.5 Å². The first-order chi connectivity index (χ1) is 7.77. The summed E-state index contributed by atoms with van der Waals surface area (Å²) in [6.45, 7) is 2.01. The molecule has 2 heteroatoms. The van der Waals surface area contributed by atoms with Gasteiger partial charge in [0.25, 0.3) is 0 Å². The molecule has 2 rings (SSSR count). The first-order valence-electron chi connectivity index (χ1n) is 5.82. The van der Waals surface area contributed by atoms with E-state index in [9.17, 15) is 4.79 Å². The van der Waals surface area contributed by atoms with Gasteiger partial charge in [0.15, 0.2) is 5.78 Å². The summed E-state index contributed by atoms with van der Waals surface area (Å²) in [6, 6.07) is 9.92. The highest BCUT2D eigenvalue weighted by molar-refractivity contribution is 5.97. The van der Waals surface area contributed by atoms with E-state index in [2.05, 4.69) is 5.32 Å². The Kier molecular flexibility index (Phi) is 3.40. The minimum absolute atomic E-state index is 0.192. The van der Waals surface area contributed by atoms with Crippen molar-refractivity contribution in [1.29, 1.82) is 0 Å². The highest BCUT2D eigenvalue weighted by Crippen LogP contribution is 2.24. The van der Waals surface area contributed by atoms with Crippen LogP contribution in [0.25, 0.3) is 0 Å². The Morgan fingerprint density at radius 3 is 2.81 bits per heavy atom. The Morgan fingerprint density at radius 1 is 1.31 bits per heavy atom. The van der Waals surface area contributed by atoms with E-state index in [1.807, 2.05) is 43.5 Å². The van der Waals surface area contributed by atoms with Gasteiger partial charge in [-0.05, 0) is 31.4 Å². The molecule has 2 nitrogen and oxygen atoms in total. The first kappa shape index (κ1) is 10.9. The van der Waals surface area contributed by atoms with E-state index in [1.165, 1.54) is 0 Å². The summed E-state index contributed by atoms with van der Waals surface area (Å²) in [5.74, 6) is 0.493. The SMILES string of the molecule is C[C@H]1CCC/C(=C/Nc2ccccc2)C1=O. The van der Waals surface area contributed by atoms with Crippen molar-refractivity contribution in [3.8, 4) is 0 Å². The Hall–Kier alpha value is -1.57. The van der Waals surface area contributed by atoms with Gasteiger partial charge >= 0.3 is 0 Å². The fourth-order valence-electron chi connectivity index (χ4n) is 2.02. The number of hydrogen-bond acceptors (Lipinski definition) is 2. The van der Waals surface area contributed by atoms with Crippen LogP contribution in [0.3, 0.4) is 0 Å². The third kappa shape index (κ3) is 2.51. The number of rotatable bonds is 2. The Balaban J connectivity index is 2.04. The highest BCUT2D eigenvalue weighted by atomic mass is 16.1. The third-order valence-corrected chi connectivity index (χ3v) is 3.03. The molecule has 1 aliphatic rings. The van der Waals surface area contributed by atoms with Crippen molar-refractivity contribution in [3.63, 3.8) is 0 Å². The maximum atomic E-state index is 11.8. The lowest BCUT2D eigenvalue weighted by atomic mass is 9.86. The van der Waals surface area contributed by atoms with Crippen molar-refractivity contribution in [3.05, 3.63) is 42.1 Å². The zero-order valence-electron chi connectivity index (χ0n) is 9.57. The van der Waals surface area contributed by atoms with Gasteiger partial charge in [-0.2, -0.15) is 0 Å². The minimum Gasteiger partial charge on any atom is -0.361 e. The molecule has 0 spiro atoms. The number of ketones is 1. The van der Waals surface area contributed by atoms with Gasteiger partial charge in [-0.3, -0.25) is 4.79 Å². The minimum atomic E-state index is 0.192. The topological polar surface area (TPSA) is 29.1 Å². The summed E-state index contributed by atoms with van der Waals surface area (Å²) in [5, 5.41) is 3.18. The summed E-state index contributed by atoms with van der Waals surface area (Å²) >= 11 is 0. The lowest BCUT2D eigenvalue weighted by molar-refractivity contribution is -0.119. The molecule has 84 valence electrons. The van der Waals surface area contributed by atoms with Gasteiger partial charge in [0.2, 0.25) is 0 Å². The molecule has 1 aromatic rings. The quantitative estimate of drug-likeness (QED) is 0.766. The predicted octanol–water partition coefficient (Wildman–Crippen LogP) is 3.37. The molecule has 0 unspecified atom stereocenters. The molecule has 1 aliphatic carbocycles. The number of anilines is 1. The van der Waals surface area contributed by atoms with Crippen LogP contribution >= 0.6 is 0 Å². The van der Waals surface area contributed by atoms with E-state index in [0.717, 1.165) is 30.5 Å². The van der Waals surface area contributed by atoms with E-state index < -0.39 is 0 Å². The van der Waals surface area contributed by atoms with Crippen molar-refractivity contribution in [2.45, 2.75) is 26.2 Å². The van der Waals surface area contributed by atoms with Crippen LogP contribution in [-0.4, -0.2) is 5.78 Å². The predicted molar refractivity (Wildman–Crippen MR) is 66.2 cm³/mol. The van der Waals surface area contributed by atoms with E-state index in [-0.39, 0.29) is 5.92 Å². The summed E-state index contributed by atoms with van der Waals surface area (Å²) in [4.78, 5) is 11.8. The summed E-state index contributed by atoms with van der Waals surface area (Å²) in [7, 11) is 0. The highest BCUT2D eigenvalue weighted by Gasteiger charge is 2.22. The maximum absolute atomic E-state index is 11.8. The molecule has 0 aromatic heterocycles. The lowest BCUT2D eigenvalue weighted by Gasteiger charge is -2.19. The van der Waals surface area contributed by atoms with Crippen LogP contribution in [-0.2, 0) is 4.79 Å². The molecule has 1 N–H and O–H groups in total. The Morgan fingerprint density at radius 2 is 2.06 bits per heavy atom. The summed E-state index contributed by atoms with van der Waals surface area (Å²) < 4.78 is 0. The molecule has 1 atom stereocenters. The zero-order chi connectivity index (χ0) is 11.4. The smallest absolute Gasteiger partial charge is 0.163 e. The molecule has 0 heterocycles. The monoisotopic (exact) mass is 215 g/mol. The number of allylic oxidation sites excluding steroid dienone is 1. The number of carbonyl (C=O) groups excluding carboxylic acids is 1. The fourth-order valence-corrected chi connectivity index (χ4v) is 2.02. The number of hydrogen-bond donors (Lipinski definition) is 1. The van der Waals surface area contributed by atoms with Crippen molar-refractivity contribution in [2.75, 3.05) is 5.32 Å². The Bertz CT molecular complexity index is 394. The van der Waals surface area contributed by atoms with E-state index >= 15 is 0 Å². The number of carbonyl (C=O) groups is 1. The van der Waals surface area contributed by atoms with Crippen LogP contribution in [0.4, 0.5) is 5.69 Å². The standard InChI is InChI=1S/C14H17NO/c1-11-6-5-7-12(14(11)16)10-15-13-8-3-2-4-9-13/h2-4,8-11,15H,5-7H2,1H3/b12-10-/t11-/m0/s1. The molecule has 1 saturated carbocycles. The van der Waals surface area contributed by atoms with Gasteiger partial charge in [-0.15, -0.1) is 0 Å². The number of para-hydroxylation sites is 1. The molecule has 16 heavy (non-hydrogen) atoms. The maximum Gasteiger partial charge on any atom is 0.163 e. The van der Waals surface area contributed by atoms with Gasteiger partial charge in [-0.1, -0.05) is 25.1 Å². The fraction of sp³-hybridized carbons (Fsp3) is 0.357. The van der Waals surface area contributed by atoms with Crippen LogP contribution in [0.2, 0.25) is 0 Å². The summed E-state index contributed by atoms with van der Waals surface area (Å²) in [5.41, 5.74) is 1.96. The van der Waals surface area contributed by atoms with Crippen molar-refractivity contribution in [2.24, 2.45) is 5.92 Å². The van der Waals surface area contributed by atoms with Crippen LogP contribution in [0.15, 0.2) is 42.1 Å². The largest absolute Gasteiger partial charge is 0.361 e. The van der Waals surface area contributed by atoms with Crippen LogP contribution < -0.4 is 5.32 Å². The van der Waals surface area contributed by atoms with Crippen molar-refractivity contribution in [1.82, 2.24) is 0 Å². The van der Waals surface area contributed by atoms with Gasteiger partial charge < -0.3 is 5.32 Å². The second-order valence-electron chi connectivity index (χ2n) is 4.34. The van der Waals surface area contributed by atoms with Crippen LogP contribution in [0.1, 0.15) is 26.2 Å². The lowest BCUT2D eigenvalue weighted by Crippen LogP contribution is -2.19. The number of Topliss-reactive ketones (excluding diaryl/α,β-unsaturated/α-hetero) is 1. The molecular weight excluding hydrogens is 198 g/mol. The second kappa shape index (κ2) is 4.97. The van der Waals surface area contributed by atoms with Gasteiger partial charge in [0.1, 0.15) is 0 Å². The third-order valence-electron chi connectivity index (χ3n) is 3.03. The molecule has 0 bridgehead atoms. The van der Waals surface area contributed by atoms with Gasteiger partial charge in [0.05, 0.1) is 0 Å². The molecular formula is C14H17NO. The average Bonchev–Trinajstić information content (AvgIpc) is 2.32. The molecule has 0 amide bonds. The normalized spacial score (nSPS) is 23.4. The molecule has 1 aromatic carbocycles. The molecule has 1 fully saturated rings. The number of nitrogens with one attached hydrogen (secondary N) is 1. The zero-order valence-corrected chi connectivity index (χ0v) is 9.57. The van der Waals surface area contributed by atoms with Crippen LogP contribution in [0, 0.1) is 5.92 Å². The summed E-state index contributed by atoms with van der Waals surface area (Å²) in [6.07, 6.45) is 4.92. The number of benzene rings is 1. The van der Waals surface area contributed by atoms with Crippen LogP contribution in [0.5, 0.6) is 0 Å². The van der Waals surface area contributed by atoms with E-state index in [1.54, 1.807) is 0 Å². The average molecular weight is 215 g/mol. The second-order valence-corrected chi connectivity index (χ2v) is 4.34. The molecule has 0 aliphatic heterocycles. The molecule has 0 radical (unpaired) electrons. The first-order valence-corrected chi connectivity index (χ1v) is 5.82. The van der Waals surface area contributed by atoms with E-state index in [0.29, 0.717) is 5.78 Å². The van der Waals surface area contributed by atoms with Crippen molar-refractivity contribution < 1.29 is 4.79 Å².